The summed E-state index contributed by atoms with van der Waals surface area (Å²) in [5.74, 6) is 1.23. The maximum Gasteiger partial charge on any atom is 0.227 e. The summed E-state index contributed by atoms with van der Waals surface area (Å²) in [4.78, 5) is 8.85. The summed E-state index contributed by atoms with van der Waals surface area (Å²) >= 11 is 7.67. The number of aromatic nitrogens is 3. The lowest BCUT2D eigenvalue weighted by Gasteiger charge is -2.10. The largest absolute Gasteiger partial charge is 0.360 e. The Bertz CT molecular complexity index is 850. The molecule has 23 heavy (non-hydrogen) atoms. The average molecular weight is 347 g/mol. The van der Waals surface area contributed by atoms with Gasteiger partial charge in [-0.25, -0.2) is 9.97 Å². The summed E-state index contributed by atoms with van der Waals surface area (Å²) in [7, 11) is 0. The fraction of sp³-hybridized carbons (Fsp3) is 0.188. The number of anilines is 2. The maximum absolute atomic E-state index is 6.15. The first-order chi connectivity index (χ1) is 11.1. The molecular formula is C16H15ClN4OS. The molecule has 2 aromatic heterocycles. The van der Waals surface area contributed by atoms with Gasteiger partial charge < -0.3 is 9.84 Å². The van der Waals surface area contributed by atoms with Gasteiger partial charge in [-0.1, -0.05) is 22.8 Å². The lowest BCUT2D eigenvalue weighted by atomic mass is 10.2. The van der Waals surface area contributed by atoms with Crippen molar-refractivity contribution in [3.05, 3.63) is 46.8 Å². The minimum absolute atomic E-state index is 0.500. The van der Waals surface area contributed by atoms with Crippen LogP contribution in [0, 0.1) is 13.8 Å². The normalized spacial score (nSPS) is 10.8. The molecule has 0 bridgehead atoms. The van der Waals surface area contributed by atoms with Crippen LogP contribution in [-0.4, -0.2) is 21.4 Å². The Morgan fingerprint density at radius 2 is 2.04 bits per heavy atom. The number of nitrogens with zero attached hydrogens (tertiary/aromatic N) is 3. The molecule has 0 spiro atoms. The van der Waals surface area contributed by atoms with E-state index in [9.17, 15) is 0 Å². The van der Waals surface area contributed by atoms with Gasteiger partial charge >= 0.3 is 0 Å². The third-order valence-corrected chi connectivity index (χ3v) is 4.53. The van der Waals surface area contributed by atoms with Crippen molar-refractivity contribution in [2.75, 3.05) is 11.6 Å². The van der Waals surface area contributed by atoms with E-state index in [0.29, 0.717) is 11.0 Å². The molecule has 3 rings (SSSR count). The summed E-state index contributed by atoms with van der Waals surface area (Å²) in [5.41, 5.74) is 3.49. The van der Waals surface area contributed by atoms with Crippen molar-refractivity contribution in [1.29, 1.82) is 0 Å². The van der Waals surface area contributed by atoms with Crippen LogP contribution < -0.4 is 5.32 Å². The van der Waals surface area contributed by atoms with Gasteiger partial charge in [-0.3, -0.25) is 0 Å². The van der Waals surface area contributed by atoms with Gasteiger partial charge in [0.15, 0.2) is 0 Å². The first-order valence-corrected chi connectivity index (χ1v) is 8.56. The van der Waals surface area contributed by atoms with Gasteiger partial charge in [0.05, 0.1) is 11.3 Å². The Balaban J connectivity index is 1.97. The Morgan fingerprint density at radius 1 is 1.22 bits per heavy atom. The second-order valence-electron chi connectivity index (χ2n) is 4.93. The summed E-state index contributed by atoms with van der Waals surface area (Å²) in [5, 5.41) is 8.76. The van der Waals surface area contributed by atoms with Crippen molar-refractivity contribution in [2.24, 2.45) is 0 Å². The zero-order valence-electron chi connectivity index (χ0n) is 12.9. The number of benzene rings is 1. The molecule has 0 radical (unpaired) electrons. The number of thioether (sulfide) groups is 1. The highest BCUT2D eigenvalue weighted by Gasteiger charge is 2.16. The van der Waals surface area contributed by atoms with Crippen LogP contribution in [0.4, 0.5) is 11.6 Å². The second kappa shape index (κ2) is 6.60. The van der Waals surface area contributed by atoms with Gasteiger partial charge in [-0.05, 0) is 43.9 Å². The zero-order valence-corrected chi connectivity index (χ0v) is 14.5. The minimum atomic E-state index is 0.500. The highest BCUT2D eigenvalue weighted by molar-refractivity contribution is 7.98. The predicted molar refractivity (Wildman–Crippen MR) is 93.5 cm³/mol. The molecule has 3 aromatic rings. The van der Waals surface area contributed by atoms with Gasteiger partial charge in [0, 0.05) is 16.9 Å². The van der Waals surface area contributed by atoms with E-state index in [1.807, 2.05) is 44.4 Å². The third kappa shape index (κ3) is 3.18. The lowest BCUT2D eigenvalue weighted by Crippen LogP contribution is -2.00. The van der Waals surface area contributed by atoms with Gasteiger partial charge in [-0.15, -0.1) is 11.8 Å². The Hall–Kier alpha value is -2.05. The molecule has 118 valence electrons. The molecule has 2 heterocycles. The average Bonchev–Trinajstić information content (AvgIpc) is 2.93. The van der Waals surface area contributed by atoms with Gasteiger partial charge in [0.1, 0.15) is 10.8 Å². The fourth-order valence-electron chi connectivity index (χ4n) is 2.20. The number of hydrogen-bond donors (Lipinski definition) is 1. The SMILES string of the molecule is CSc1noc(C)c1-c1ccnc(Nc2cccc(Cl)c2C)n1. The Kier molecular flexibility index (Phi) is 4.54. The Morgan fingerprint density at radius 3 is 2.83 bits per heavy atom. The van der Waals surface area contributed by atoms with E-state index in [-0.39, 0.29) is 0 Å². The zero-order chi connectivity index (χ0) is 16.4. The van der Waals surface area contributed by atoms with E-state index in [0.717, 1.165) is 33.3 Å². The van der Waals surface area contributed by atoms with Crippen LogP contribution in [0.5, 0.6) is 0 Å². The van der Waals surface area contributed by atoms with Crippen molar-refractivity contribution in [3.63, 3.8) is 0 Å². The molecule has 1 aromatic carbocycles. The van der Waals surface area contributed by atoms with E-state index in [2.05, 4.69) is 20.4 Å². The molecule has 0 amide bonds. The fourth-order valence-corrected chi connectivity index (χ4v) is 2.94. The number of rotatable bonds is 4. The summed E-state index contributed by atoms with van der Waals surface area (Å²) in [6.45, 7) is 3.82. The van der Waals surface area contributed by atoms with Gasteiger partial charge in [-0.2, -0.15) is 0 Å². The topological polar surface area (TPSA) is 63.8 Å². The van der Waals surface area contributed by atoms with E-state index < -0.39 is 0 Å². The highest BCUT2D eigenvalue weighted by atomic mass is 35.5. The molecular weight excluding hydrogens is 332 g/mol. The van der Waals surface area contributed by atoms with Crippen molar-refractivity contribution in [2.45, 2.75) is 18.9 Å². The number of halogens is 1. The van der Waals surface area contributed by atoms with Crippen LogP contribution >= 0.6 is 23.4 Å². The molecule has 5 nitrogen and oxygen atoms in total. The van der Waals surface area contributed by atoms with Crippen molar-refractivity contribution >= 4 is 35.0 Å². The number of nitrogens with one attached hydrogen (secondary N) is 1. The number of aryl methyl sites for hydroxylation is 1. The predicted octanol–water partition coefficient (Wildman–Crippen LogP) is 4.87. The highest BCUT2D eigenvalue weighted by Crippen LogP contribution is 2.32. The molecule has 7 heteroatoms. The van der Waals surface area contributed by atoms with E-state index >= 15 is 0 Å². The molecule has 0 saturated heterocycles. The Labute approximate surface area is 143 Å². The maximum atomic E-state index is 6.15. The summed E-state index contributed by atoms with van der Waals surface area (Å²) in [6, 6.07) is 7.52. The lowest BCUT2D eigenvalue weighted by molar-refractivity contribution is 0.384. The van der Waals surface area contributed by atoms with Crippen LogP contribution in [0.15, 0.2) is 40.0 Å². The minimum Gasteiger partial charge on any atom is -0.360 e. The standard InChI is InChI=1S/C16H15ClN4OS/c1-9-11(17)5-4-6-12(9)19-16-18-8-7-13(20-16)14-10(2)22-21-15(14)23-3/h4-8H,1-3H3,(H,18,19,20). The summed E-state index contributed by atoms with van der Waals surface area (Å²) in [6.07, 6.45) is 3.66. The van der Waals surface area contributed by atoms with Crippen LogP contribution in [-0.2, 0) is 0 Å². The smallest absolute Gasteiger partial charge is 0.227 e. The van der Waals surface area contributed by atoms with Crippen LogP contribution in [0.1, 0.15) is 11.3 Å². The second-order valence-corrected chi connectivity index (χ2v) is 6.13. The number of hydrogen-bond acceptors (Lipinski definition) is 6. The van der Waals surface area contributed by atoms with Crippen molar-refractivity contribution < 1.29 is 4.52 Å². The monoisotopic (exact) mass is 346 g/mol. The van der Waals surface area contributed by atoms with E-state index in [4.69, 9.17) is 16.1 Å². The van der Waals surface area contributed by atoms with Gasteiger partial charge in [0.2, 0.25) is 5.95 Å². The third-order valence-electron chi connectivity index (χ3n) is 3.45. The molecule has 1 N–H and O–H groups in total. The summed E-state index contributed by atoms with van der Waals surface area (Å²) < 4.78 is 5.26. The molecule has 0 aliphatic rings. The first kappa shape index (κ1) is 15.8. The molecule has 0 aliphatic heterocycles. The van der Waals surface area contributed by atoms with E-state index in [1.54, 1.807) is 6.20 Å². The first-order valence-electron chi connectivity index (χ1n) is 6.96. The molecule has 0 fully saturated rings. The van der Waals surface area contributed by atoms with Crippen LogP contribution in [0.25, 0.3) is 11.3 Å². The quantitative estimate of drug-likeness (QED) is 0.680. The molecule has 0 atom stereocenters. The molecule has 0 aliphatic carbocycles. The molecule has 0 unspecified atom stereocenters. The van der Waals surface area contributed by atoms with Crippen molar-refractivity contribution in [1.82, 2.24) is 15.1 Å². The van der Waals surface area contributed by atoms with Crippen molar-refractivity contribution in [3.8, 4) is 11.3 Å². The van der Waals surface area contributed by atoms with Gasteiger partial charge in [0.25, 0.3) is 0 Å². The van der Waals surface area contributed by atoms with Crippen LogP contribution in [0.3, 0.4) is 0 Å². The molecule has 0 saturated carbocycles. The van der Waals surface area contributed by atoms with E-state index in [1.165, 1.54) is 11.8 Å². The van der Waals surface area contributed by atoms with Crippen LogP contribution in [0.2, 0.25) is 5.02 Å².